The number of rotatable bonds is 3. The van der Waals surface area contributed by atoms with Crippen LogP contribution in [-0.4, -0.2) is 65.0 Å². The number of pyridine rings is 1. The van der Waals surface area contributed by atoms with Crippen molar-refractivity contribution < 1.29 is 1.43 Å². The fraction of sp³-hybridized carbons (Fsp3) is 0.520. The predicted octanol–water partition coefficient (Wildman–Crippen LogP) is 4.47. The highest BCUT2D eigenvalue weighted by Crippen LogP contribution is 2.41. The molecule has 4 heterocycles. The summed E-state index contributed by atoms with van der Waals surface area (Å²) in [6.45, 7) is 8.70. The van der Waals surface area contributed by atoms with Crippen molar-refractivity contribution in [2.45, 2.75) is 45.2 Å². The van der Waals surface area contributed by atoms with Crippen molar-refractivity contribution in [3.8, 4) is 0 Å². The minimum absolute atomic E-state index is 0. The van der Waals surface area contributed by atoms with Crippen LogP contribution >= 0.6 is 0 Å². The average molecular weight is 421 g/mol. The van der Waals surface area contributed by atoms with Gasteiger partial charge in [0, 0.05) is 33.8 Å². The molecule has 1 N–H and O–H groups in total. The molecule has 2 saturated heterocycles. The second-order valence-corrected chi connectivity index (χ2v) is 9.35. The maximum Gasteiger partial charge on any atom is 0.124 e. The maximum absolute atomic E-state index is 5.18. The summed E-state index contributed by atoms with van der Waals surface area (Å²) in [5.41, 5.74) is 7.39. The van der Waals surface area contributed by atoms with Crippen LogP contribution in [0.25, 0.3) is 11.0 Å². The van der Waals surface area contributed by atoms with Crippen LogP contribution in [0.1, 0.15) is 55.4 Å². The van der Waals surface area contributed by atoms with Gasteiger partial charge in [-0.2, -0.15) is 0 Å². The van der Waals surface area contributed by atoms with Crippen LogP contribution < -0.4 is 4.90 Å². The molecule has 2 aliphatic rings. The molecule has 0 spiro atoms. The Morgan fingerprint density at radius 3 is 2.58 bits per heavy atom. The number of hydrogen-bond acceptors (Lipinski definition) is 5. The van der Waals surface area contributed by atoms with E-state index in [0.29, 0.717) is 6.04 Å². The molecule has 0 aliphatic carbocycles. The van der Waals surface area contributed by atoms with E-state index in [4.69, 9.17) is 9.97 Å². The Balaban J connectivity index is 0.00000245. The van der Waals surface area contributed by atoms with Gasteiger partial charge in [-0.3, -0.25) is 9.88 Å². The number of piperidine rings is 1. The number of piperazine rings is 1. The first kappa shape index (κ1) is 20.5. The van der Waals surface area contributed by atoms with Gasteiger partial charge in [0.1, 0.15) is 11.3 Å². The molecule has 166 valence electrons. The molecule has 0 unspecified atom stereocenters. The van der Waals surface area contributed by atoms with E-state index in [-0.39, 0.29) is 7.47 Å². The van der Waals surface area contributed by atoms with Crippen LogP contribution in [0.2, 0.25) is 0 Å². The Kier molecular flexibility index (Phi) is 5.44. The first-order valence-corrected chi connectivity index (χ1v) is 11.6. The van der Waals surface area contributed by atoms with Crippen molar-refractivity contribution in [3.63, 3.8) is 0 Å². The topological polar surface area (TPSA) is 51.3 Å². The minimum Gasteiger partial charge on any atom is -0.367 e. The van der Waals surface area contributed by atoms with Crippen LogP contribution in [0.5, 0.6) is 0 Å². The molecule has 2 fully saturated rings. The van der Waals surface area contributed by atoms with Crippen LogP contribution in [0, 0.1) is 13.8 Å². The lowest BCUT2D eigenvalue weighted by Gasteiger charge is -2.39. The third-order valence-electron chi connectivity index (χ3n) is 7.44. The zero-order chi connectivity index (χ0) is 21.5. The smallest absolute Gasteiger partial charge is 0.124 e. The Morgan fingerprint density at radius 1 is 1.00 bits per heavy atom. The number of likely N-dealkylation sites (tertiary alicyclic amines) is 1. The lowest BCUT2D eigenvalue weighted by atomic mass is 9.91. The molecule has 0 bridgehead atoms. The molecule has 0 saturated carbocycles. The van der Waals surface area contributed by atoms with E-state index in [1.54, 1.807) is 0 Å². The van der Waals surface area contributed by atoms with Crippen molar-refractivity contribution in [1.82, 2.24) is 24.8 Å². The summed E-state index contributed by atoms with van der Waals surface area (Å²) in [4.78, 5) is 21.0. The SMILES string of the molecule is Cc1ccnc([C@@H]2CCC[C@H](c3nc4c(N5CCN(C)CC5)cccc4[nH]3)N2C)c1C.[HH]. The standard InChI is InChI=1S/C25H34N6.H2/c1-17-11-12-26-23(18(17)2)20-8-6-10-22(30(20)4)25-27-19-7-5-9-21(24(19)28-25)31-15-13-29(3)14-16-31;/h5,7,9,11-12,20,22H,6,8,10,13-16H2,1-4H3,(H,27,28);1H/t20-,22+;/m0./s1. The zero-order valence-corrected chi connectivity index (χ0v) is 19.2. The number of likely N-dealkylation sites (N-methyl/N-ethyl adjacent to an activating group) is 1. The van der Waals surface area contributed by atoms with E-state index < -0.39 is 0 Å². The number of aromatic nitrogens is 3. The van der Waals surface area contributed by atoms with Gasteiger partial charge in [0.15, 0.2) is 0 Å². The normalized spacial score (nSPS) is 23.5. The van der Waals surface area contributed by atoms with Gasteiger partial charge in [-0.25, -0.2) is 4.98 Å². The number of H-pyrrole nitrogens is 1. The van der Waals surface area contributed by atoms with Crippen LogP contribution in [0.3, 0.4) is 0 Å². The molecule has 2 atom stereocenters. The van der Waals surface area contributed by atoms with E-state index in [9.17, 15) is 0 Å². The van der Waals surface area contributed by atoms with Gasteiger partial charge in [-0.15, -0.1) is 0 Å². The van der Waals surface area contributed by atoms with Gasteiger partial charge in [-0.05, 0) is 76.5 Å². The van der Waals surface area contributed by atoms with Gasteiger partial charge in [0.25, 0.3) is 0 Å². The average Bonchev–Trinajstić information content (AvgIpc) is 3.21. The first-order chi connectivity index (χ1) is 15.0. The molecule has 6 heteroatoms. The number of anilines is 1. The summed E-state index contributed by atoms with van der Waals surface area (Å²) in [7, 11) is 4.44. The Morgan fingerprint density at radius 2 is 1.77 bits per heavy atom. The third-order valence-corrected chi connectivity index (χ3v) is 7.44. The summed E-state index contributed by atoms with van der Waals surface area (Å²) in [6.07, 6.45) is 5.42. The second kappa shape index (κ2) is 8.24. The molecule has 1 aromatic carbocycles. The van der Waals surface area contributed by atoms with Crippen molar-refractivity contribution in [3.05, 3.63) is 53.1 Å². The number of nitrogens with zero attached hydrogens (tertiary/aromatic N) is 5. The zero-order valence-electron chi connectivity index (χ0n) is 19.2. The number of aryl methyl sites for hydroxylation is 1. The van der Waals surface area contributed by atoms with Gasteiger partial charge < -0.3 is 14.8 Å². The monoisotopic (exact) mass is 420 g/mol. The lowest BCUT2D eigenvalue weighted by molar-refractivity contribution is 0.107. The number of fused-ring (bicyclic) bond motifs is 1. The maximum atomic E-state index is 5.18. The molecule has 2 aromatic heterocycles. The van der Waals surface area contributed by atoms with E-state index in [1.807, 2.05) is 6.20 Å². The number of benzene rings is 1. The molecule has 0 radical (unpaired) electrons. The predicted molar refractivity (Wildman–Crippen MR) is 129 cm³/mol. The summed E-state index contributed by atoms with van der Waals surface area (Å²) < 4.78 is 0. The quantitative estimate of drug-likeness (QED) is 0.677. The summed E-state index contributed by atoms with van der Waals surface area (Å²) in [5, 5.41) is 0. The Hall–Kier alpha value is -2.44. The minimum atomic E-state index is 0. The number of hydrogen-bond donors (Lipinski definition) is 1. The fourth-order valence-corrected chi connectivity index (χ4v) is 5.27. The van der Waals surface area contributed by atoms with Gasteiger partial charge in [-0.1, -0.05) is 6.07 Å². The van der Waals surface area contributed by atoms with E-state index in [2.05, 4.69) is 71.9 Å². The summed E-state index contributed by atoms with van der Waals surface area (Å²) >= 11 is 0. The Labute approximate surface area is 186 Å². The van der Waals surface area contributed by atoms with Crippen molar-refractivity contribution in [1.29, 1.82) is 0 Å². The highest BCUT2D eigenvalue weighted by molar-refractivity contribution is 5.89. The number of aromatic amines is 1. The third kappa shape index (κ3) is 3.72. The number of nitrogens with one attached hydrogen (secondary N) is 1. The van der Waals surface area contributed by atoms with Gasteiger partial charge >= 0.3 is 0 Å². The highest BCUT2D eigenvalue weighted by Gasteiger charge is 2.33. The molecule has 31 heavy (non-hydrogen) atoms. The molecular formula is C25H36N6. The number of para-hydroxylation sites is 1. The lowest BCUT2D eigenvalue weighted by Crippen LogP contribution is -2.44. The highest BCUT2D eigenvalue weighted by atomic mass is 15.3. The molecule has 5 rings (SSSR count). The van der Waals surface area contributed by atoms with E-state index in [1.165, 1.54) is 28.9 Å². The molecule has 2 aliphatic heterocycles. The second-order valence-electron chi connectivity index (χ2n) is 9.35. The van der Waals surface area contributed by atoms with Gasteiger partial charge in [0.2, 0.25) is 0 Å². The summed E-state index contributed by atoms with van der Waals surface area (Å²) in [6, 6.07) is 9.28. The molecule has 6 nitrogen and oxygen atoms in total. The molecule has 3 aromatic rings. The fourth-order valence-electron chi connectivity index (χ4n) is 5.27. The van der Waals surface area contributed by atoms with Crippen molar-refractivity contribution >= 4 is 16.7 Å². The Bertz CT molecular complexity index is 1070. The molecular weight excluding hydrogens is 384 g/mol. The largest absolute Gasteiger partial charge is 0.367 e. The van der Waals surface area contributed by atoms with E-state index >= 15 is 0 Å². The van der Waals surface area contributed by atoms with Gasteiger partial charge in [0.05, 0.1) is 29.0 Å². The molecule has 0 amide bonds. The van der Waals surface area contributed by atoms with Crippen LogP contribution in [0.15, 0.2) is 30.5 Å². The van der Waals surface area contributed by atoms with Crippen molar-refractivity contribution in [2.24, 2.45) is 0 Å². The summed E-state index contributed by atoms with van der Waals surface area (Å²) in [5.74, 6) is 1.09. The van der Waals surface area contributed by atoms with Crippen molar-refractivity contribution in [2.75, 3.05) is 45.2 Å². The van der Waals surface area contributed by atoms with Crippen LogP contribution in [0.4, 0.5) is 5.69 Å². The van der Waals surface area contributed by atoms with E-state index in [0.717, 1.165) is 55.9 Å². The number of imidazole rings is 1. The first-order valence-electron chi connectivity index (χ1n) is 11.6. The van der Waals surface area contributed by atoms with Crippen LogP contribution in [-0.2, 0) is 0 Å².